The van der Waals surface area contributed by atoms with Crippen LogP contribution in [0.5, 0.6) is 0 Å². The zero-order chi connectivity index (χ0) is 11.4. The van der Waals surface area contributed by atoms with E-state index in [2.05, 4.69) is 17.0 Å². The van der Waals surface area contributed by atoms with Crippen LogP contribution in [0.3, 0.4) is 0 Å². The van der Waals surface area contributed by atoms with Crippen LogP contribution >= 0.6 is 0 Å². The van der Waals surface area contributed by atoms with Crippen LogP contribution in [0.2, 0.25) is 0 Å². The van der Waals surface area contributed by atoms with E-state index in [4.69, 9.17) is 0 Å². The quantitative estimate of drug-likeness (QED) is 0.766. The van der Waals surface area contributed by atoms with Gasteiger partial charge in [-0.2, -0.15) is 5.10 Å². The Labute approximate surface area is 85.6 Å². The molecule has 0 aliphatic carbocycles. The summed E-state index contributed by atoms with van der Waals surface area (Å²) in [5, 5.41) is 6.08. The van der Waals surface area contributed by atoms with E-state index in [1.54, 1.807) is 7.05 Å². The van der Waals surface area contributed by atoms with Gasteiger partial charge in [0, 0.05) is 7.05 Å². The summed E-state index contributed by atoms with van der Waals surface area (Å²) in [6.45, 7) is 3.43. The third kappa shape index (κ3) is 2.87. The molecule has 6 heteroatoms. The Morgan fingerprint density at radius 1 is 1.80 bits per heavy atom. The molecular weight excluding hydrogens is 204 g/mol. The first kappa shape index (κ1) is 11.4. The highest BCUT2D eigenvalue weighted by Gasteiger charge is 2.13. The average molecular weight is 215 g/mol. The molecule has 1 N–H and O–H groups in total. The number of aryl methyl sites for hydroxylation is 1. The Morgan fingerprint density at radius 2 is 2.47 bits per heavy atom. The van der Waals surface area contributed by atoms with Gasteiger partial charge in [0.1, 0.15) is 5.69 Å². The van der Waals surface area contributed by atoms with E-state index in [1.165, 1.54) is 10.7 Å². The van der Waals surface area contributed by atoms with Gasteiger partial charge in [-0.15, -0.1) is 0 Å². The molecule has 0 radical (unpaired) electrons. The lowest BCUT2D eigenvalue weighted by molar-refractivity contribution is -0.116. The molecule has 1 aromatic heterocycles. The van der Waals surface area contributed by atoms with E-state index in [-0.39, 0.29) is 18.1 Å². The third-order valence-corrected chi connectivity index (χ3v) is 1.85. The second-order valence-corrected chi connectivity index (χ2v) is 2.91. The monoisotopic (exact) mass is 215 g/mol. The zero-order valence-corrected chi connectivity index (χ0v) is 8.20. The average Bonchev–Trinajstić information content (AvgIpc) is 2.56. The number of hydrogen-bond donors (Lipinski definition) is 1. The fraction of sp³-hybridized carbons (Fsp3) is 0.333. The number of amides is 1. The van der Waals surface area contributed by atoms with E-state index >= 15 is 0 Å². The zero-order valence-electron chi connectivity index (χ0n) is 8.20. The first-order chi connectivity index (χ1) is 7.04. The van der Waals surface area contributed by atoms with Crippen LogP contribution in [0.4, 0.5) is 8.78 Å². The normalized spacial score (nSPS) is 10.4. The number of hydrogen-bond acceptors (Lipinski definition) is 2. The summed E-state index contributed by atoms with van der Waals surface area (Å²) in [7, 11) is 1.54. The van der Waals surface area contributed by atoms with Gasteiger partial charge in [-0.05, 0) is 12.1 Å². The fourth-order valence-corrected chi connectivity index (χ4v) is 1.05. The number of halogens is 2. The van der Waals surface area contributed by atoms with E-state index < -0.39 is 6.43 Å². The first-order valence-corrected chi connectivity index (χ1v) is 4.26. The largest absolute Gasteiger partial charge is 0.347 e. The minimum atomic E-state index is -2.60. The van der Waals surface area contributed by atoms with Gasteiger partial charge in [-0.1, -0.05) is 6.58 Å². The molecule has 1 amide bonds. The number of nitrogens with one attached hydrogen (secondary N) is 1. The number of rotatable bonds is 4. The molecule has 1 rings (SSSR count). The Morgan fingerprint density at radius 3 is 2.93 bits per heavy atom. The van der Waals surface area contributed by atoms with Crippen molar-refractivity contribution < 1.29 is 13.6 Å². The SMILES string of the molecule is C=CC(=O)NCc1cc(C(F)F)nn1C. The maximum absolute atomic E-state index is 12.2. The second kappa shape index (κ2) is 4.68. The lowest BCUT2D eigenvalue weighted by atomic mass is 10.3. The molecule has 0 saturated heterocycles. The summed E-state index contributed by atoms with van der Waals surface area (Å²) < 4.78 is 25.8. The van der Waals surface area contributed by atoms with Crippen molar-refractivity contribution in [1.29, 1.82) is 0 Å². The van der Waals surface area contributed by atoms with Crippen LogP contribution in [0.15, 0.2) is 18.7 Å². The van der Waals surface area contributed by atoms with Gasteiger partial charge in [0.15, 0.2) is 0 Å². The highest BCUT2D eigenvalue weighted by Crippen LogP contribution is 2.17. The van der Waals surface area contributed by atoms with Crippen LogP contribution < -0.4 is 5.32 Å². The van der Waals surface area contributed by atoms with Crippen molar-refractivity contribution in [3.63, 3.8) is 0 Å². The topological polar surface area (TPSA) is 46.9 Å². The molecule has 0 saturated carbocycles. The lowest BCUT2D eigenvalue weighted by Crippen LogP contribution is -2.21. The molecule has 1 heterocycles. The molecule has 0 spiro atoms. The van der Waals surface area contributed by atoms with Crippen LogP contribution in [-0.2, 0) is 18.4 Å². The molecule has 0 aliphatic rings. The van der Waals surface area contributed by atoms with Gasteiger partial charge in [0.05, 0.1) is 12.2 Å². The molecule has 1 aromatic rings. The molecule has 15 heavy (non-hydrogen) atoms. The van der Waals surface area contributed by atoms with Crippen molar-refractivity contribution in [2.45, 2.75) is 13.0 Å². The summed E-state index contributed by atoms with van der Waals surface area (Å²) >= 11 is 0. The van der Waals surface area contributed by atoms with E-state index in [1.807, 2.05) is 0 Å². The van der Waals surface area contributed by atoms with Crippen molar-refractivity contribution in [2.24, 2.45) is 7.05 Å². The van der Waals surface area contributed by atoms with Crippen molar-refractivity contribution >= 4 is 5.91 Å². The number of nitrogens with zero attached hydrogens (tertiary/aromatic N) is 2. The summed E-state index contributed by atoms with van der Waals surface area (Å²) in [6, 6.07) is 1.26. The highest BCUT2D eigenvalue weighted by molar-refractivity contribution is 5.86. The van der Waals surface area contributed by atoms with Crippen LogP contribution in [0.1, 0.15) is 17.8 Å². The predicted octanol–water partition coefficient (Wildman–Crippen LogP) is 1.16. The molecule has 0 bridgehead atoms. The molecule has 0 aromatic carbocycles. The summed E-state index contributed by atoms with van der Waals surface area (Å²) in [5.74, 6) is -0.352. The smallest absolute Gasteiger partial charge is 0.282 e. The van der Waals surface area contributed by atoms with E-state index in [0.29, 0.717) is 5.69 Å². The summed E-state index contributed by atoms with van der Waals surface area (Å²) in [5.41, 5.74) is 0.223. The van der Waals surface area contributed by atoms with Crippen molar-refractivity contribution in [3.8, 4) is 0 Å². The molecule has 0 atom stereocenters. The molecule has 4 nitrogen and oxygen atoms in total. The molecule has 0 fully saturated rings. The van der Waals surface area contributed by atoms with Gasteiger partial charge in [-0.25, -0.2) is 8.78 Å². The standard InChI is InChI=1S/C9H11F2N3O/c1-3-8(15)12-5-6-4-7(9(10)11)13-14(6)2/h3-4,9H,1,5H2,2H3,(H,12,15). The van der Waals surface area contributed by atoms with Crippen LogP contribution in [0, 0.1) is 0 Å². The second-order valence-electron chi connectivity index (χ2n) is 2.91. The summed E-state index contributed by atoms with van der Waals surface area (Å²) in [4.78, 5) is 10.8. The number of aromatic nitrogens is 2. The van der Waals surface area contributed by atoms with Crippen molar-refractivity contribution in [3.05, 3.63) is 30.1 Å². The number of alkyl halides is 2. The van der Waals surface area contributed by atoms with Gasteiger partial charge in [0.25, 0.3) is 6.43 Å². The van der Waals surface area contributed by atoms with Crippen molar-refractivity contribution in [1.82, 2.24) is 15.1 Å². The Kier molecular flexibility index (Phi) is 3.54. The Bertz CT molecular complexity index is 373. The van der Waals surface area contributed by atoms with Crippen LogP contribution in [-0.4, -0.2) is 15.7 Å². The fourth-order valence-electron chi connectivity index (χ4n) is 1.05. The van der Waals surface area contributed by atoms with Gasteiger partial charge >= 0.3 is 0 Å². The number of carbonyl (C=O) groups excluding carboxylic acids is 1. The van der Waals surface area contributed by atoms with E-state index in [9.17, 15) is 13.6 Å². The summed E-state index contributed by atoms with van der Waals surface area (Å²) in [6.07, 6.45) is -1.48. The lowest BCUT2D eigenvalue weighted by Gasteiger charge is -2.01. The Hall–Kier alpha value is -1.72. The molecule has 0 unspecified atom stereocenters. The molecular formula is C9H11F2N3O. The van der Waals surface area contributed by atoms with Crippen LogP contribution in [0.25, 0.3) is 0 Å². The predicted molar refractivity (Wildman–Crippen MR) is 50.2 cm³/mol. The molecule has 82 valence electrons. The highest BCUT2D eigenvalue weighted by atomic mass is 19.3. The Balaban J connectivity index is 2.69. The minimum Gasteiger partial charge on any atom is -0.347 e. The van der Waals surface area contributed by atoms with Gasteiger partial charge in [-0.3, -0.25) is 9.48 Å². The minimum absolute atomic E-state index is 0.154. The molecule has 0 aliphatic heterocycles. The van der Waals surface area contributed by atoms with E-state index in [0.717, 1.165) is 6.08 Å². The third-order valence-electron chi connectivity index (χ3n) is 1.85. The van der Waals surface area contributed by atoms with Gasteiger partial charge in [0.2, 0.25) is 5.91 Å². The van der Waals surface area contributed by atoms with Crippen molar-refractivity contribution in [2.75, 3.05) is 0 Å². The van der Waals surface area contributed by atoms with Gasteiger partial charge < -0.3 is 5.32 Å². The maximum atomic E-state index is 12.2. The number of carbonyl (C=O) groups is 1. The maximum Gasteiger partial charge on any atom is 0.282 e. The first-order valence-electron chi connectivity index (χ1n) is 4.26.